The molecule has 1 unspecified atom stereocenters. The number of hydrogen-bond acceptors (Lipinski definition) is 4. The van der Waals surface area contributed by atoms with E-state index in [9.17, 15) is 9.90 Å². The van der Waals surface area contributed by atoms with Crippen LogP contribution in [0.3, 0.4) is 0 Å². The molecule has 21 heavy (non-hydrogen) atoms. The number of ether oxygens (including phenoxy) is 1. The van der Waals surface area contributed by atoms with Gasteiger partial charge in [-0.25, -0.2) is 0 Å². The Kier molecular flexibility index (Phi) is 5.44. The molecule has 1 amide bonds. The summed E-state index contributed by atoms with van der Waals surface area (Å²) in [6.45, 7) is 1.75. The van der Waals surface area contributed by atoms with Gasteiger partial charge in [0.2, 0.25) is 0 Å². The van der Waals surface area contributed by atoms with Crippen LogP contribution in [0.1, 0.15) is 36.0 Å². The fraction of sp³-hybridized carbons (Fsp3) is 0.562. The van der Waals surface area contributed by atoms with Gasteiger partial charge in [-0.1, -0.05) is 6.42 Å². The molecular weight excluding hydrogens is 268 g/mol. The minimum absolute atomic E-state index is 0.0398. The van der Waals surface area contributed by atoms with E-state index in [0.717, 1.165) is 13.0 Å². The third-order valence-corrected chi connectivity index (χ3v) is 4.01. The van der Waals surface area contributed by atoms with Crippen LogP contribution in [0, 0.1) is 0 Å². The number of hydrogen-bond donors (Lipinski definition) is 2. The molecule has 1 fully saturated rings. The minimum atomic E-state index is -0.161. The van der Waals surface area contributed by atoms with Gasteiger partial charge in [-0.3, -0.25) is 4.79 Å². The van der Waals surface area contributed by atoms with Crippen molar-refractivity contribution in [1.29, 1.82) is 0 Å². The van der Waals surface area contributed by atoms with Crippen LogP contribution in [0.25, 0.3) is 0 Å². The van der Waals surface area contributed by atoms with Crippen molar-refractivity contribution in [1.82, 2.24) is 10.2 Å². The number of phenolic OH excluding ortho intramolecular Hbond substituents is 1. The van der Waals surface area contributed by atoms with Crippen molar-refractivity contribution in [2.75, 3.05) is 27.2 Å². The van der Waals surface area contributed by atoms with E-state index in [1.807, 2.05) is 0 Å². The fourth-order valence-corrected chi connectivity index (χ4v) is 2.65. The Morgan fingerprint density at radius 3 is 2.90 bits per heavy atom. The minimum Gasteiger partial charge on any atom is -0.507 e. The summed E-state index contributed by atoms with van der Waals surface area (Å²) in [4.78, 5) is 14.0. The number of aromatic hydroxyl groups is 1. The van der Waals surface area contributed by atoms with E-state index < -0.39 is 0 Å². The standard InChI is InChI=1S/C16H24N2O3/c1-18(10-8-12-5-3-4-9-17-12)16(20)14-7-6-13(21-2)11-15(14)19/h6-7,11-12,17,19H,3-5,8-10H2,1-2H3. The third-order valence-electron chi connectivity index (χ3n) is 4.01. The second-order valence-corrected chi connectivity index (χ2v) is 5.55. The van der Waals surface area contributed by atoms with Gasteiger partial charge in [0.1, 0.15) is 11.5 Å². The predicted octanol–water partition coefficient (Wildman–Crippen LogP) is 2.00. The zero-order chi connectivity index (χ0) is 15.2. The van der Waals surface area contributed by atoms with E-state index in [-0.39, 0.29) is 11.7 Å². The Balaban J connectivity index is 1.92. The molecule has 116 valence electrons. The zero-order valence-corrected chi connectivity index (χ0v) is 12.8. The summed E-state index contributed by atoms with van der Waals surface area (Å²) >= 11 is 0. The van der Waals surface area contributed by atoms with Gasteiger partial charge >= 0.3 is 0 Å². The molecule has 0 saturated carbocycles. The van der Waals surface area contributed by atoms with E-state index in [0.29, 0.717) is 23.9 Å². The highest BCUT2D eigenvalue weighted by Gasteiger charge is 2.18. The lowest BCUT2D eigenvalue weighted by atomic mass is 10.0. The largest absolute Gasteiger partial charge is 0.507 e. The number of phenols is 1. The highest BCUT2D eigenvalue weighted by Crippen LogP contribution is 2.24. The highest BCUT2D eigenvalue weighted by molar-refractivity contribution is 5.96. The summed E-state index contributed by atoms with van der Waals surface area (Å²) in [5, 5.41) is 13.4. The maximum Gasteiger partial charge on any atom is 0.257 e. The number of amides is 1. The first-order valence-electron chi connectivity index (χ1n) is 7.47. The molecule has 5 nitrogen and oxygen atoms in total. The van der Waals surface area contributed by atoms with Crippen LogP contribution >= 0.6 is 0 Å². The van der Waals surface area contributed by atoms with Crippen molar-refractivity contribution in [3.8, 4) is 11.5 Å². The van der Waals surface area contributed by atoms with Gasteiger partial charge in [0.25, 0.3) is 5.91 Å². The van der Waals surface area contributed by atoms with Gasteiger partial charge in [0, 0.05) is 25.7 Å². The highest BCUT2D eigenvalue weighted by atomic mass is 16.5. The molecule has 1 aromatic rings. The second-order valence-electron chi connectivity index (χ2n) is 5.55. The molecule has 1 atom stereocenters. The summed E-state index contributed by atoms with van der Waals surface area (Å²) in [6.07, 6.45) is 4.62. The van der Waals surface area contributed by atoms with Crippen LogP contribution in [0.2, 0.25) is 0 Å². The second kappa shape index (κ2) is 7.31. The Morgan fingerprint density at radius 2 is 2.29 bits per heavy atom. The smallest absolute Gasteiger partial charge is 0.257 e. The summed E-state index contributed by atoms with van der Waals surface area (Å²) in [6, 6.07) is 5.25. The van der Waals surface area contributed by atoms with Gasteiger partial charge < -0.3 is 20.1 Å². The molecule has 5 heteroatoms. The van der Waals surface area contributed by atoms with Gasteiger partial charge in [0.15, 0.2) is 0 Å². The van der Waals surface area contributed by atoms with Crippen LogP contribution < -0.4 is 10.1 Å². The van der Waals surface area contributed by atoms with Crippen LogP contribution in [0.15, 0.2) is 18.2 Å². The zero-order valence-electron chi connectivity index (χ0n) is 12.8. The third kappa shape index (κ3) is 4.11. The van der Waals surface area contributed by atoms with Crippen molar-refractivity contribution in [3.05, 3.63) is 23.8 Å². The Bertz CT molecular complexity index is 484. The average Bonchev–Trinajstić information content (AvgIpc) is 2.52. The van der Waals surface area contributed by atoms with E-state index in [1.165, 1.54) is 32.4 Å². The van der Waals surface area contributed by atoms with Gasteiger partial charge in [-0.05, 0) is 37.9 Å². The number of methoxy groups -OCH3 is 1. The lowest BCUT2D eigenvalue weighted by Crippen LogP contribution is -2.38. The molecule has 1 saturated heterocycles. The molecule has 0 radical (unpaired) electrons. The summed E-state index contributed by atoms with van der Waals surface area (Å²) < 4.78 is 5.02. The first-order valence-corrected chi connectivity index (χ1v) is 7.47. The number of nitrogens with one attached hydrogen (secondary N) is 1. The maximum absolute atomic E-state index is 12.3. The number of benzene rings is 1. The van der Waals surface area contributed by atoms with Gasteiger partial charge in [0.05, 0.1) is 12.7 Å². The Hall–Kier alpha value is -1.75. The topological polar surface area (TPSA) is 61.8 Å². The molecule has 1 aliphatic heterocycles. The number of carbonyl (C=O) groups is 1. The van der Waals surface area contributed by atoms with Gasteiger partial charge in [-0.15, -0.1) is 0 Å². The summed E-state index contributed by atoms with van der Waals surface area (Å²) in [7, 11) is 3.30. The van der Waals surface area contributed by atoms with E-state index in [1.54, 1.807) is 24.1 Å². The van der Waals surface area contributed by atoms with Crippen molar-refractivity contribution >= 4 is 5.91 Å². The summed E-state index contributed by atoms with van der Waals surface area (Å²) in [5.74, 6) is 0.339. The number of piperidine rings is 1. The maximum atomic E-state index is 12.3. The van der Waals surface area contributed by atoms with Crippen LogP contribution in [0.4, 0.5) is 0 Å². The molecule has 1 aromatic carbocycles. The molecule has 0 aromatic heterocycles. The van der Waals surface area contributed by atoms with E-state index in [2.05, 4.69) is 5.32 Å². The van der Waals surface area contributed by atoms with Crippen molar-refractivity contribution < 1.29 is 14.6 Å². The van der Waals surface area contributed by atoms with E-state index >= 15 is 0 Å². The normalized spacial score (nSPS) is 18.3. The molecule has 1 aliphatic rings. The molecule has 0 aliphatic carbocycles. The van der Waals surface area contributed by atoms with Crippen molar-refractivity contribution in [2.24, 2.45) is 0 Å². The van der Waals surface area contributed by atoms with Crippen LogP contribution in [-0.2, 0) is 0 Å². The lowest BCUT2D eigenvalue weighted by molar-refractivity contribution is 0.0785. The Morgan fingerprint density at radius 1 is 1.48 bits per heavy atom. The molecule has 0 spiro atoms. The number of carbonyl (C=O) groups excluding carboxylic acids is 1. The molecule has 2 N–H and O–H groups in total. The van der Waals surface area contributed by atoms with Crippen molar-refractivity contribution in [2.45, 2.75) is 31.7 Å². The van der Waals surface area contributed by atoms with Crippen molar-refractivity contribution in [3.63, 3.8) is 0 Å². The monoisotopic (exact) mass is 292 g/mol. The molecular formula is C16H24N2O3. The first kappa shape index (κ1) is 15.6. The van der Waals surface area contributed by atoms with Crippen LogP contribution in [0.5, 0.6) is 11.5 Å². The quantitative estimate of drug-likeness (QED) is 0.871. The SMILES string of the molecule is COc1ccc(C(=O)N(C)CCC2CCCCN2)c(O)c1. The lowest BCUT2D eigenvalue weighted by Gasteiger charge is -2.26. The first-order chi connectivity index (χ1) is 10.1. The molecule has 2 rings (SSSR count). The average molecular weight is 292 g/mol. The predicted molar refractivity (Wildman–Crippen MR) is 81.9 cm³/mol. The molecule has 0 bridgehead atoms. The number of rotatable bonds is 5. The number of nitrogens with zero attached hydrogens (tertiary/aromatic N) is 1. The van der Waals surface area contributed by atoms with Crippen LogP contribution in [-0.4, -0.2) is 49.2 Å². The fourth-order valence-electron chi connectivity index (χ4n) is 2.65. The molecule has 1 heterocycles. The summed E-state index contributed by atoms with van der Waals surface area (Å²) in [5.41, 5.74) is 0.315. The van der Waals surface area contributed by atoms with E-state index in [4.69, 9.17) is 4.74 Å². The van der Waals surface area contributed by atoms with Gasteiger partial charge in [-0.2, -0.15) is 0 Å². The Labute approximate surface area is 125 Å².